The molecule has 0 spiro atoms. The normalized spacial score (nSPS) is 12.7. The first-order valence-corrected chi connectivity index (χ1v) is 7.31. The molecule has 21 heavy (non-hydrogen) atoms. The average Bonchev–Trinajstić information content (AvgIpc) is 2.89. The van der Waals surface area contributed by atoms with Crippen molar-refractivity contribution in [1.29, 1.82) is 0 Å². The number of nitrogens with one attached hydrogen (secondary N) is 1. The van der Waals surface area contributed by atoms with E-state index in [1.807, 2.05) is 19.2 Å². The quantitative estimate of drug-likeness (QED) is 0.781. The third-order valence-corrected chi connectivity index (χ3v) is 4.00. The van der Waals surface area contributed by atoms with Gasteiger partial charge in [0.15, 0.2) is 0 Å². The zero-order chi connectivity index (χ0) is 14.8. The van der Waals surface area contributed by atoms with Crippen molar-refractivity contribution in [3.8, 4) is 0 Å². The van der Waals surface area contributed by atoms with Crippen molar-refractivity contribution in [2.45, 2.75) is 19.4 Å². The SMILES string of the molecule is CNC(Cc1ccncc1Cl)c1cc2cc(C)ccc2o1. The first kappa shape index (κ1) is 14.1. The van der Waals surface area contributed by atoms with E-state index in [1.54, 1.807) is 12.4 Å². The summed E-state index contributed by atoms with van der Waals surface area (Å²) in [4.78, 5) is 4.02. The molecule has 0 aliphatic heterocycles. The minimum Gasteiger partial charge on any atom is -0.459 e. The molecular formula is C17H17ClN2O. The molecule has 0 bridgehead atoms. The molecule has 1 aromatic carbocycles. The van der Waals surface area contributed by atoms with Crippen LogP contribution < -0.4 is 5.32 Å². The molecular weight excluding hydrogens is 284 g/mol. The Balaban J connectivity index is 1.93. The summed E-state index contributed by atoms with van der Waals surface area (Å²) < 4.78 is 5.97. The predicted octanol–water partition coefficient (Wildman–Crippen LogP) is 4.29. The lowest BCUT2D eigenvalue weighted by molar-refractivity contribution is 0.451. The van der Waals surface area contributed by atoms with Gasteiger partial charge >= 0.3 is 0 Å². The van der Waals surface area contributed by atoms with Gasteiger partial charge in [-0.1, -0.05) is 23.2 Å². The van der Waals surface area contributed by atoms with Crippen molar-refractivity contribution >= 4 is 22.6 Å². The smallest absolute Gasteiger partial charge is 0.134 e. The lowest BCUT2D eigenvalue weighted by Gasteiger charge is -2.14. The molecule has 0 aliphatic rings. The number of hydrogen-bond donors (Lipinski definition) is 1. The molecule has 4 heteroatoms. The Morgan fingerprint density at radius 1 is 1.29 bits per heavy atom. The van der Waals surface area contributed by atoms with Crippen LogP contribution in [0.15, 0.2) is 47.1 Å². The van der Waals surface area contributed by atoms with Crippen LogP contribution in [0.3, 0.4) is 0 Å². The molecule has 108 valence electrons. The molecule has 0 saturated carbocycles. The first-order chi connectivity index (χ1) is 10.2. The van der Waals surface area contributed by atoms with Crippen LogP contribution in [-0.4, -0.2) is 12.0 Å². The molecule has 0 radical (unpaired) electrons. The van der Waals surface area contributed by atoms with Gasteiger partial charge in [0, 0.05) is 17.8 Å². The van der Waals surface area contributed by atoms with Gasteiger partial charge in [-0.15, -0.1) is 0 Å². The highest BCUT2D eigenvalue weighted by molar-refractivity contribution is 6.31. The number of aryl methyl sites for hydroxylation is 1. The molecule has 1 N–H and O–H groups in total. The maximum atomic E-state index is 6.19. The standard InChI is InChI=1S/C17H17ClN2O/c1-11-3-4-16-13(7-11)9-17(21-16)15(19-2)8-12-5-6-20-10-14(12)18/h3-7,9-10,15,19H,8H2,1-2H3. The van der Waals surface area contributed by atoms with Gasteiger partial charge in [-0.2, -0.15) is 0 Å². The van der Waals surface area contributed by atoms with Gasteiger partial charge < -0.3 is 9.73 Å². The van der Waals surface area contributed by atoms with E-state index in [0.717, 1.165) is 28.7 Å². The Labute approximate surface area is 128 Å². The summed E-state index contributed by atoms with van der Waals surface area (Å²) in [7, 11) is 1.93. The van der Waals surface area contributed by atoms with Gasteiger partial charge in [-0.05, 0) is 50.2 Å². The summed E-state index contributed by atoms with van der Waals surface area (Å²) in [6, 6.07) is 10.3. The van der Waals surface area contributed by atoms with Crippen LogP contribution in [0.5, 0.6) is 0 Å². The van der Waals surface area contributed by atoms with E-state index in [2.05, 4.69) is 35.4 Å². The number of benzene rings is 1. The van der Waals surface area contributed by atoms with Crippen molar-refractivity contribution in [3.63, 3.8) is 0 Å². The summed E-state index contributed by atoms with van der Waals surface area (Å²) in [6.45, 7) is 2.08. The molecule has 0 amide bonds. The molecule has 3 aromatic rings. The van der Waals surface area contributed by atoms with Crippen LogP contribution in [0.4, 0.5) is 0 Å². The number of aromatic nitrogens is 1. The highest BCUT2D eigenvalue weighted by Crippen LogP contribution is 2.28. The minimum atomic E-state index is 0.0811. The summed E-state index contributed by atoms with van der Waals surface area (Å²) in [6.07, 6.45) is 4.19. The third-order valence-electron chi connectivity index (χ3n) is 3.66. The number of likely N-dealkylation sites (N-methyl/N-ethyl adjacent to an activating group) is 1. The number of furan rings is 1. The van der Waals surface area contributed by atoms with Crippen molar-refractivity contribution in [1.82, 2.24) is 10.3 Å². The number of halogens is 1. The van der Waals surface area contributed by atoms with E-state index in [0.29, 0.717) is 5.02 Å². The Bertz CT molecular complexity index is 766. The maximum absolute atomic E-state index is 6.19. The number of fused-ring (bicyclic) bond motifs is 1. The summed E-state index contributed by atoms with van der Waals surface area (Å²) in [5.74, 6) is 0.922. The van der Waals surface area contributed by atoms with Crippen molar-refractivity contribution < 1.29 is 4.42 Å². The lowest BCUT2D eigenvalue weighted by atomic mass is 10.0. The Hall–Kier alpha value is -1.84. The molecule has 0 aliphatic carbocycles. The zero-order valence-corrected chi connectivity index (χ0v) is 12.8. The molecule has 3 nitrogen and oxygen atoms in total. The van der Waals surface area contributed by atoms with Crippen LogP contribution in [0.25, 0.3) is 11.0 Å². The summed E-state index contributed by atoms with van der Waals surface area (Å²) >= 11 is 6.19. The molecule has 2 heterocycles. The third kappa shape index (κ3) is 2.94. The maximum Gasteiger partial charge on any atom is 0.134 e. The van der Waals surface area contributed by atoms with E-state index in [-0.39, 0.29) is 6.04 Å². The minimum absolute atomic E-state index is 0.0811. The van der Waals surface area contributed by atoms with Crippen molar-refractivity contribution in [2.24, 2.45) is 0 Å². The van der Waals surface area contributed by atoms with E-state index >= 15 is 0 Å². The van der Waals surface area contributed by atoms with E-state index in [1.165, 1.54) is 5.56 Å². The van der Waals surface area contributed by atoms with Gasteiger partial charge in [0.2, 0.25) is 0 Å². The van der Waals surface area contributed by atoms with Gasteiger partial charge in [-0.3, -0.25) is 4.98 Å². The molecule has 1 unspecified atom stereocenters. The average molecular weight is 301 g/mol. The fourth-order valence-corrected chi connectivity index (χ4v) is 2.69. The Morgan fingerprint density at radius 3 is 2.90 bits per heavy atom. The van der Waals surface area contributed by atoms with Crippen LogP contribution >= 0.6 is 11.6 Å². The Morgan fingerprint density at radius 2 is 2.14 bits per heavy atom. The largest absolute Gasteiger partial charge is 0.459 e. The fraction of sp³-hybridized carbons (Fsp3) is 0.235. The topological polar surface area (TPSA) is 38.1 Å². The van der Waals surface area contributed by atoms with Crippen LogP contribution in [0, 0.1) is 6.92 Å². The number of hydrogen-bond acceptors (Lipinski definition) is 3. The van der Waals surface area contributed by atoms with E-state index in [4.69, 9.17) is 16.0 Å². The lowest BCUT2D eigenvalue weighted by Crippen LogP contribution is -2.18. The number of pyridine rings is 1. The van der Waals surface area contributed by atoms with Crippen LogP contribution in [0.2, 0.25) is 5.02 Å². The predicted molar refractivity (Wildman–Crippen MR) is 85.7 cm³/mol. The van der Waals surface area contributed by atoms with Gasteiger partial charge in [0.05, 0.1) is 11.1 Å². The second-order valence-corrected chi connectivity index (χ2v) is 5.61. The molecule has 0 saturated heterocycles. The molecule has 3 rings (SSSR count). The summed E-state index contributed by atoms with van der Waals surface area (Å²) in [5, 5.41) is 5.11. The van der Waals surface area contributed by atoms with Crippen LogP contribution in [-0.2, 0) is 6.42 Å². The molecule has 0 fully saturated rings. The second kappa shape index (κ2) is 5.88. The number of nitrogens with zero attached hydrogens (tertiary/aromatic N) is 1. The summed E-state index contributed by atoms with van der Waals surface area (Å²) in [5.41, 5.74) is 3.20. The van der Waals surface area contributed by atoms with Gasteiger partial charge in [-0.25, -0.2) is 0 Å². The molecule has 2 aromatic heterocycles. The second-order valence-electron chi connectivity index (χ2n) is 5.20. The fourth-order valence-electron chi connectivity index (χ4n) is 2.49. The number of rotatable bonds is 4. The van der Waals surface area contributed by atoms with Crippen LogP contribution in [0.1, 0.15) is 22.9 Å². The zero-order valence-electron chi connectivity index (χ0n) is 12.1. The Kier molecular flexibility index (Phi) is 3.95. The highest BCUT2D eigenvalue weighted by Gasteiger charge is 2.16. The van der Waals surface area contributed by atoms with Gasteiger partial charge in [0.1, 0.15) is 11.3 Å². The van der Waals surface area contributed by atoms with E-state index in [9.17, 15) is 0 Å². The van der Waals surface area contributed by atoms with E-state index < -0.39 is 0 Å². The molecule has 1 atom stereocenters. The van der Waals surface area contributed by atoms with Crippen molar-refractivity contribution in [2.75, 3.05) is 7.05 Å². The van der Waals surface area contributed by atoms with Crippen molar-refractivity contribution in [3.05, 3.63) is 64.6 Å². The monoisotopic (exact) mass is 300 g/mol. The first-order valence-electron chi connectivity index (χ1n) is 6.93. The van der Waals surface area contributed by atoms with Gasteiger partial charge in [0.25, 0.3) is 0 Å². The highest BCUT2D eigenvalue weighted by atomic mass is 35.5.